The average molecular weight is 388 g/mol. The molecule has 1 saturated carbocycles. The molecule has 1 aliphatic carbocycles. The highest BCUT2D eigenvalue weighted by Crippen LogP contribution is 2.39. The normalized spacial score (nSPS) is 15.8. The van der Waals surface area contributed by atoms with E-state index in [-0.39, 0.29) is 17.6 Å². The predicted molar refractivity (Wildman–Crippen MR) is 105 cm³/mol. The maximum absolute atomic E-state index is 12.2. The SMILES string of the molecule is Cc1cccc(Nc2nnc(SCC(=O)N[C@](C)(C#N)C3CC3)s2)c1C. The molecular formula is C18H21N5OS2. The zero-order chi connectivity index (χ0) is 18.7. The number of carbonyl (C=O) groups is 1. The maximum Gasteiger partial charge on any atom is 0.231 e. The van der Waals surface area contributed by atoms with Crippen LogP contribution in [-0.4, -0.2) is 27.4 Å². The summed E-state index contributed by atoms with van der Waals surface area (Å²) in [5.41, 5.74) is 2.63. The van der Waals surface area contributed by atoms with Crippen molar-refractivity contribution in [1.82, 2.24) is 15.5 Å². The molecule has 2 N–H and O–H groups in total. The Morgan fingerprint density at radius 3 is 2.88 bits per heavy atom. The van der Waals surface area contributed by atoms with E-state index in [1.54, 1.807) is 6.92 Å². The van der Waals surface area contributed by atoms with Gasteiger partial charge in [-0.15, -0.1) is 10.2 Å². The summed E-state index contributed by atoms with van der Waals surface area (Å²) in [6.07, 6.45) is 2.00. The second-order valence-electron chi connectivity index (χ2n) is 6.67. The third kappa shape index (κ3) is 4.34. The van der Waals surface area contributed by atoms with Gasteiger partial charge in [0, 0.05) is 5.69 Å². The number of thioether (sulfide) groups is 1. The minimum Gasteiger partial charge on any atom is -0.337 e. The second kappa shape index (κ2) is 7.64. The van der Waals surface area contributed by atoms with Crippen molar-refractivity contribution in [3.63, 3.8) is 0 Å². The van der Waals surface area contributed by atoms with Gasteiger partial charge in [0.05, 0.1) is 11.8 Å². The zero-order valence-electron chi connectivity index (χ0n) is 15.0. The first kappa shape index (κ1) is 18.7. The van der Waals surface area contributed by atoms with Crippen LogP contribution in [0.5, 0.6) is 0 Å². The van der Waals surface area contributed by atoms with E-state index in [4.69, 9.17) is 0 Å². The third-order valence-corrected chi connectivity index (χ3v) is 6.58. The molecule has 2 aromatic rings. The van der Waals surface area contributed by atoms with Crippen molar-refractivity contribution in [1.29, 1.82) is 5.26 Å². The van der Waals surface area contributed by atoms with Crippen molar-refractivity contribution < 1.29 is 4.79 Å². The van der Waals surface area contributed by atoms with E-state index in [1.807, 2.05) is 12.1 Å². The van der Waals surface area contributed by atoms with E-state index < -0.39 is 5.54 Å². The lowest BCUT2D eigenvalue weighted by molar-refractivity contribution is -0.119. The highest BCUT2D eigenvalue weighted by molar-refractivity contribution is 8.01. The van der Waals surface area contributed by atoms with Gasteiger partial charge < -0.3 is 10.6 Å². The Morgan fingerprint density at radius 2 is 2.19 bits per heavy atom. The van der Waals surface area contributed by atoms with Gasteiger partial charge in [-0.25, -0.2) is 0 Å². The van der Waals surface area contributed by atoms with Crippen molar-refractivity contribution >= 4 is 39.8 Å². The number of hydrogen-bond acceptors (Lipinski definition) is 7. The highest BCUT2D eigenvalue weighted by Gasteiger charge is 2.42. The van der Waals surface area contributed by atoms with E-state index in [0.29, 0.717) is 5.13 Å². The van der Waals surface area contributed by atoms with Gasteiger partial charge in [0.1, 0.15) is 5.54 Å². The predicted octanol–water partition coefficient (Wildman–Crippen LogP) is 3.80. The quantitative estimate of drug-likeness (QED) is 0.702. The first-order valence-electron chi connectivity index (χ1n) is 8.43. The molecule has 136 valence electrons. The van der Waals surface area contributed by atoms with Crippen LogP contribution in [0, 0.1) is 31.1 Å². The van der Waals surface area contributed by atoms with Crippen LogP contribution in [0.1, 0.15) is 30.9 Å². The van der Waals surface area contributed by atoms with Crippen LogP contribution in [0.15, 0.2) is 22.5 Å². The molecule has 0 bridgehead atoms. The van der Waals surface area contributed by atoms with Crippen LogP contribution in [0.4, 0.5) is 10.8 Å². The van der Waals surface area contributed by atoms with E-state index >= 15 is 0 Å². The van der Waals surface area contributed by atoms with Crippen LogP contribution in [0.2, 0.25) is 0 Å². The van der Waals surface area contributed by atoms with Gasteiger partial charge in [-0.05, 0) is 56.7 Å². The van der Waals surface area contributed by atoms with Crippen LogP contribution in [-0.2, 0) is 4.79 Å². The molecule has 0 aliphatic heterocycles. The maximum atomic E-state index is 12.2. The monoisotopic (exact) mass is 387 g/mol. The first-order chi connectivity index (χ1) is 12.4. The molecule has 3 rings (SSSR count). The van der Waals surface area contributed by atoms with Gasteiger partial charge in [0.2, 0.25) is 11.0 Å². The van der Waals surface area contributed by atoms with E-state index in [9.17, 15) is 10.1 Å². The largest absolute Gasteiger partial charge is 0.337 e. The fraction of sp³-hybridized carbons (Fsp3) is 0.444. The van der Waals surface area contributed by atoms with E-state index in [0.717, 1.165) is 22.9 Å². The number of anilines is 2. The number of aryl methyl sites for hydroxylation is 1. The summed E-state index contributed by atoms with van der Waals surface area (Å²) in [5, 5.41) is 24.4. The van der Waals surface area contributed by atoms with Gasteiger partial charge in [-0.2, -0.15) is 5.26 Å². The van der Waals surface area contributed by atoms with Gasteiger partial charge in [0.25, 0.3) is 0 Å². The Hall–Kier alpha value is -2.11. The molecule has 1 amide bonds. The van der Waals surface area contributed by atoms with Crippen molar-refractivity contribution in [2.45, 2.75) is 43.5 Å². The molecule has 1 fully saturated rings. The summed E-state index contributed by atoms with van der Waals surface area (Å²) in [7, 11) is 0. The summed E-state index contributed by atoms with van der Waals surface area (Å²) < 4.78 is 0.720. The Morgan fingerprint density at radius 1 is 1.42 bits per heavy atom. The second-order valence-corrected chi connectivity index (χ2v) is 8.87. The zero-order valence-corrected chi connectivity index (χ0v) is 16.6. The first-order valence-corrected chi connectivity index (χ1v) is 10.2. The number of aromatic nitrogens is 2. The molecule has 0 radical (unpaired) electrons. The Labute approximate surface area is 161 Å². The molecule has 6 nitrogen and oxygen atoms in total. The molecular weight excluding hydrogens is 366 g/mol. The van der Waals surface area contributed by atoms with E-state index in [1.165, 1.54) is 34.2 Å². The number of nitriles is 1. The minimum absolute atomic E-state index is 0.148. The molecule has 0 spiro atoms. The number of nitrogens with zero attached hydrogens (tertiary/aromatic N) is 3. The topological polar surface area (TPSA) is 90.7 Å². The number of carbonyl (C=O) groups excluding carboxylic acids is 1. The lowest BCUT2D eigenvalue weighted by atomic mass is 9.98. The van der Waals surface area contributed by atoms with Gasteiger partial charge >= 0.3 is 0 Å². The Kier molecular flexibility index (Phi) is 5.49. The van der Waals surface area contributed by atoms with Gasteiger partial charge in [0.15, 0.2) is 4.34 Å². The third-order valence-electron chi connectivity index (χ3n) is 4.60. The van der Waals surface area contributed by atoms with E-state index in [2.05, 4.69) is 46.8 Å². The molecule has 1 heterocycles. The number of rotatable bonds is 7. The summed E-state index contributed by atoms with van der Waals surface area (Å²) in [5.74, 6) is 0.351. The summed E-state index contributed by atoms with van der Waals surface area (Å²) in [6, 6.07) is 8.30. The lowest BCUT2D eigenvalue weighted by Crippen LogP contribution is -2.47. The molecule has 26 heavy (non-hydrogen) atoms. The van der Waals surface area contributed by atoms with Crippen molar-refractivity contribution in [2.24, 2.45) is 5.92 Å². The lowest BCUT2D eigenvalue weighted by Gasteiger charge is -2.22. The molecule has 8 heteroatoms. The Bertz CT molecular complexity index is 856. The standard InChI is InChI=1S/C18H21N5OS2/c1-11-5-4-6-14(12(11)2)20-16-22-23-17(26-16)25-9-15(24)21-18(3,10-19)13-7-8-13/h4-6,13H,7-9H2,1-3H3,(H,20,22)(H,21,24)/t18-/m1/s1. The van der Waals surface area contributed by atoms with Crippen molar-refractivity contribution in [2.75, 3.05) is 11.1 Å². The number of benzene rings is 1. The van der Waals surface area contributed by atoms with Crippen LogP contribution >= 0.6 is 23.1 Å². The highest BCUT2D eigenvalue weighted by atomic mass is 32.2. The molecule has 1 aliphatic rings. The van der Waals surface area contributed by atoms with Gasteiger partial charge in [-0.1, -0.05) is 35.2 Å². The fourth-order valence-corrected chi connectivity index (χ4v) is 4.22. The summed E-state index contributed by atoms with van der Waals surface area (Å²) >= 11 is 2.75. The number of nitrogens with one attached hydrogen (secondary N) is 2. The number of amides is 1. The molecule has 0 saturated heterocycles. The molecule has 0 unspecified atom stereocenters. The average Bonchev–Trinajstić information content (AvgIpc) is 3.39. The molecule has 1 aromatic carbocycles. The van der Waals surface area contributed by atoms with Crippen LogP contribution in [0.3, 0.4) is 0 Å². The summed E-state index contributed by atoms with van der Waals surface area (Å²) in [4.78, 5) is 12.2. The molecule has 1 aromatic heterocycles. The van der Waals surface area contributed by atoms with Crippen molar-refractivity contribution in [3.8, 4) is 6.07 Å². The minimum atomic E-state index is -0.756. The molecule has 1 atom stereocenters. The van der Waals surface area contributed by atoms with Crippen LogP contribution < -0.4 is 10.6 Å². The van der Waals surface area contributed by atoms with Crippen molar-refractivity contribution in [3.05, 3.63) is 29.3 Å². The summed E-state index contributed by atoms with van der Waals surface area (Å²) in [6.45, 7) is 5.92. The smallest absolute Gasteiger partial charge is 0.231 e. The van der Waals surface area contributed by atoms with Gasteiger partial charge in [-0.3, -0.25) is 4.79 Å². The van der Waals surface area contributed by atoms with Crippen LogP contribution in [0.25, 0.3) is 0 Å². The fourth-order valence-electron chi connectivity index (χ4n) is 2.66. The number of hydrogen-bond donors (Lipinski definition) is 2. The Balaban J connectivity index is 1.54.